The van der Waals surface area contributed by atoms with Crippen LogP contribution in [0.15, 0.2) is 18.2 Å². The molecule has 0 saturated carbocycles. The van der Waals surface area contributed by atoms with Crippen LogP contribution in [0.3, 0.4) is 0 Å². The van der Waals surface area contributed by atoms with E-state index in [4.69, 9.17) is 0 Å². The zero-order chi connectivity index (χ0) is 13.7. The Hall–Kier alpha value is -0.510. The van der Waals surface area contributed by atoms with Gasteiger partial charge in [-0.25, -0.2) is 0 Å². The SMILES string of the molecule is Cc1cc(C)cc(C(C)NCCN2CCSCC2)c1. The second kappa shape index (κ2) is 7.32. The molecule has 0 aliphatic carbocycles. The first kappa shape index (κ1) is 14.9. The highest BCUT2D eigenvalue weighted by Crippen LogP contribution is 2.16. The standard InChI is InChI=1S/C16H26N2S/c1-13-10-14(2)12-16(11-13)15(3)17-4-5-18-6-8-19-9-7-18/h10-12,15,17H,4-9H2,1-3H3. The van der Waals surface area contributed by atoms with E-state index in [1.165, 1.54) is 47.8 Å². The fraction of sp³-hybridized carbons (Fsp3) is 0.625. The van der Waals surface area contributed by atoms with Gasteiger partial charge in [-0.05, 0) is 26.3 Å². The van der Waals surface area contributed by atoms with E-state index in [1.54, 1.807) is 0 Å². The van der Waals surface area contributed by atoms with Crippen molar-refractivity contribution < 1.29 is 0 Å². The summed E-state index contributed by atoms with van der Waals surface area (Å²) in [5.74, 6) is 2.60. The maximum Gasteiger partial charge on any atom is 0.0292 e. The average molecular weight is 278 g/mol. The minimum Gasteiger partial charge on any atom is -0.309 e. The van der Waals surface area contributed by atoms with Gasteiger partial charge in [0.25, 0.3) is 0 Å². The van der Waals surface area contributed by atoms with Crippen molar-refractivity contribution in [3.8, 4) is 0 Å². The van der Waals surface area contributed by atoms with Crippen LogP contribution in [0.25, 0.3) is 0 Å². The zero-order valence-electron chi connectivity index (χ0n) is 12.4. The third kappa shape index (κ3) is 4.83. The van der Waals surface area contributed by atoms with Gasteiger partial charge < -0.3 is 10.2 Å². The molecular weight excluding hydrogens is 252 g/mol. The average Bonchev–Trinajstić information content (AvgIpc) is 2.38. The van der Waals surface area contributed by atoms with Crippen LogP contribution in [-0.2, 0) is 0 Å². The number of nitrogens with zero attached hydrogens (tertiary/aromatic N) is 1. The van der Waals surface area contributed by atoms with Crippen LogP contribution in [0.4, 0.5) is 0 Å². The van der Waals surface area contributed by atoms with Gasteiger partial charge in [0, 0.05) is 43.7 Å². The number of aryl methyl sites for hydroxylation is 2. The molecule has 1 aromatic carbocycles. The molecule has 0 radical (unpaired) electrons. The van der Waals surface area contributed by atoms with Crippen molar-refractivity contribution in [2.45, 2.75) is 26.8 Å². The molecule has 106 valence electrons. The van der Waals surface area contributed by atoms with E-state index < -0.39 is 0 Å². The molecular formula is C16H26N2S. The third-order valence-corrected chi connectivity index (χ3v) is 4.67. The molecule has 0 spiro atoms. The van der Waals surface area contributed by atoms with Crippen molar-refractivity contribution in [2.75, 3.05) is 37.7 Å². The largest absolute Gasteiger partial charge is 0.309 e. The first-order valence-corrected chi connectivity index (χ1v) is 8.42. The van der Waals surface area contributed by atoms with Gasteiger partial charge in [-0.1, -0.05) is 29.3 Å². The van der Waals surface area contributed by atoms with Crippen LogP contribution in [0, 0.1) is 13.8 Å². The van der Waals surface area contributed by atoms with Crippen LogP contribution in [0.5, 0.6) is 0 Å². The molecule has 3 heteroatoms. The van der Waals surface area contributed by atoms with E-state index in [9.17, 15) is 0 Å². The molecule has 1 aliphatic rings. The highest BCUT2D eigenvalue weighted by atomic mass is 32.2. The maximum atomic E-state index is 3.65. The van der Waals surface area contributed by atoms with Crippen molar-refractivity contribution in [1.82, 2.24) is 10.2 Å². The van der Waals surface area contributed by atoms with Gasteiger partial charge in [-0.3, -0.25) is 0 Å². The molecule has 1 N–H and O–H groups in total. The Bertz CT molecular complexity index is 379. The predicted molar refractivity (Wildman–Crippen MR) is 86.1 cm³/mol. The van der Waals surface area contributed by atoms with Gasteiger partial charge in [0.15, 0.2) is 0 Å². The molecule has 1 saturated heterocycles. The summed E-state index contributed by atoms with van der Waals surface area (Å²) in [6.07, 6.45) is 0. The van der Waals surface area contributed by atoms with E-state index in [-0.39, 0.29) is 0 Å². The van der Waals surface area contributed by atoms with Crippen LogP contribution in [0.1, 0.15) is 29.7 Å². The molecule has 2 nitrogen and oxygen atoms in total. The lowest BCUT2D eigenvalue weighted by molar-refractivity contribution is 0.297. The topological polar surface area (TPSA) is 15.3 Å². The fourth-order valence-corrected chi connectivity index (χ4v) is 3.62. The van der Waals surface area contributed by atoms with Crippen molar-refractivity contribution in [3.63, 3.8) is 0 Å². The van der Waals surface area contributed by atoms with Crippen LogP contribution < -0.4 is 5.32 Å². The number of hydrogen-bond donors (Lipinski definition) is 1. The molecule has 1 heterocycles. The Balaban J connectivity index is 1.78. The normalized spacial score (nSPS) is 18.5. The van der Waals surface area contributed by atoms with Crippen molar-refractivity contribution >= 4 is 11.8 Å². The van der Waals surface area contributed by atoms with Crippen molar-refractivity contribution in [3.05, 3.63) is 34.9 Å². The molecule has 1 fully saturated rings. The monoisotopic (exact) mass is 278 g/mol. The van der Waals surface area contributed by atoms with E-state index in [0.717, 1.165) is 6.54 Å². The van der Waals surface area contributed by atoms with Gasteiger partial charge >= 0.3 is 0 Å². The Kier molecular flexibility index (Phi) is 5.74. The molecule has 0 aromatic heterocycles. The molecule has 0 amide bonds. The van der Waals surface area contributed by atoms with Crippen LogP contribution in [-0.4, -0.2) is 42.6 Å². The third-order valence-electron chi connectivity index (χ3n) is 3.73. The lowest BCUT2D eigenvalue weighted by Crippen LogP contribution is -2.38. The smallest absolute Gasteiger partial charge is 0.0292 e. The van der Waals surface area contributed by atoms with Gasteiger partial charge in [0.05, 0.1) is 0 Å². The predicted octanol–water partition coefficient (Wildman–Crippen LogP) is 3.00. The Morgan fingerprint density at radius 1 is 1.16 bits per heavy atom. The second-order valence-electron chi connectivity index (χ2n) is 5.55. The highest BCUT2D eigenvalue weighted by molar-refractivity contribution is 7.99. The summed E-state index contributed by atoms with van der Waals surface area (Å²) in [6.45, 7) is 11.4. The number of hydrogen-bond acceptors (Lipinski definition) is 3. The van der Waals surface area contributed by atoms with E-state index in [1.807, 2.05) is 0 Å². The minimum absolute atomic E-state index is 0.442. The summed E-state index contributed by atoms with van der Waals surface area (Å²) in [5.41, 5.74) is 4.13. The molecule has 1 atom stereocenters. The first-order valence-electron chi connectivity index (χ1n) is 7.27. The second-order valence-corrected chi connectivity index (χ2v) is 6.78. The summed E-state index contributed by atoms with van der Waals surface area (Å²) in [5, 5.41) is 3.65. The van der Waals surface area contributed by atoms with Gasteiger partial charge in [0.2, 0.25) is 0 Å². The highest BCUT2D eigenvalue weighted by Gasteiger charge is 2.11. The quantitative estimate of drug-likeness (QED) is 0.891. The van der Waals surface area contributed by atoms with Crippen LogP contribution in [0.2, 0.25) is 0 Å². The summed E-state index contributed by atoms with van der Waals surface area (Å²) in [7, 11) is 0. The number of benzene rings is 1. The molecule has 0 bridgehead atoms. The van der Waals surface area contributed by atoms with Gasteiger partial charge in [0.1, 0.15) is 0 Å². The number of rotatable bonds is 5. The summed E-state index contributed by atoms with van der Waals surface area (Å²) in [6, 6.07) is 7.27. The molecule has 1 aliphatic heterocycles. The van der Waals surface area contributed by atoms with Gasteiger partial charge in [-0.15, -0.1) is 0 Å². The minimum atomic E-state index is 0.442. The lowest BCUT2D eigenvalue weighted by Gasteiger charge is -2.27. The lowest BCUT2D eigenvalue weighted by atomic mass is 10.0. The van der Waals surface area contributed by atoms with E-state index in [0.29, 0.717) is 6.04 Å². The first-order chi connectivity index (χ1) is 9.15. The molecule has 19 heavy (non-hydrogen) atoms. The number of thioether (sulfide) groups is 1. The zero-order valence-corrected chi connectivity index (χ0v) is 13.2. The molecule has 1 unspecified atom stereocenters. The fourth-order valence-electron chi connectivity index (χ4n) is 2.64. The Morgan fingerprint density at radius 2 is 1.79 bits per heavy atom. The van der Waals surface area contributed by atoms with Crippen LogP contribution >= 0.6 is 11.8 Å². The van der Waals surface area contributed by atoms with E-state index >= 15 is 0 Å². The van der Waals surface area contributed by atoms with Crippen molar-refractivity contribution in [2.24, 2.45) is 0 Å². The summed E-state index contributed by atoms with van der Waals surface area (Å²) >= 11 is 2.08. The summed E-state index contributed by atoms with van der Waals surface area (Å²) < 4.78 is 0. The molecule has 2 rings (SSSR count). The number of nitrogens with one attached hydrogen (secondary N) is 1. The van der Waals surface area contributed by atoms with E-state index in [2.05, 4.69) is 60.9 Å². The Morgan fingerprint density at radius 3 is 2.42 bits per heavy atom. The molecule has 1 aromatic rings. The maximum absolute atomic E-state index is 3.65. The van der Waals surface area contributed by atoms with Crippen molar-refractivity contribution in [1.29, 1.82) is 0 Å². The van der Waals surface area contributed by atoms with Gasteiger partial charge in [-0.2, -0.15) is 11.8 Å². The summed E-state index contributed by atoms with van der Waals surface area (Å²) in [4.78, 5) is 2.57. The Labute approximate surface area is 122 Å².